The molecule has 2 rings (SSSR count). The van der Waals surface area contributed by atoms with Crippen LogP contribution in [0.2, 0.25) is 0 Å². The lowest BCUT2D eigenvalue weighted by molar-refractivity contribution is -0.166. The molecule has 1 heterocycles. The van der Waals surface area contributed by atoms with E-state index in [1.165, 1.54) is 0 Å². The fraction of sp³-hybridized carbons (Fsp3) is 0.640. The molecule has 9 nitrogen and oxygen atoms in total. The van der Waals surface area contributed by atoms with Crippen molar-refractivity contribution in [2.45, 2.75) is 52.1 Å². The van der Waals surface area contributed by atoms with E-state index in [-0.39, 0.29) is 17.7 Å². The molecule has 1 aromatic rings. The molecule has 34 heavy (non-hydrogen) atoms. The summed E-state index contributed by atoms with van der Waals surface area (Å²) in [7, 11) is 0. The Morgan fingerprint density at radius 2 is 1.82 bits per heavy atom. The number of carbonyl (C=O) groups is 3. The van der Waals surface area contributed by atoms with Crippen LogP contribution in [0.15, 0.2) is 30.3 Å². The van der Waals surface area contributed by atoms with Crippen LogP contribution in [0.1, 0.15) is 39.2 Å². The molecular formula is C25H40N4O5. The minimum absolute atomic E-state index is 0.121. The highest BCUT2D eigenvalue weighted by Crippen LogP contribution is 2.19. The van der Waals surface area contributed by atoms with E-state index in [1.807, 2.05) is 44.2 Å². The van der Waals surface area contributed by atoms with Crippen LogP contribution < -0.4 is 10.6 Å². The number of ether oxygens (including phenoxy) is 1. The summed E-state index contributed by atoms with van der Waals surface area (Å²) in [6, 6.07) is 8.52. The van der Waals surface area contributed by atoms with Gasteiger partial charge in [-0.15, -0.1) is 0 Å². The van der Waals surface area contributed by atoms with Crippen LogP contribution in [0.25, 0.3) is 0 Å². The lowest BCUT2D eigenvalue weighted by Crippen LogP contribution is -2.54. The molecule has 0 radical (unpaired) electrons. The second-order valence-corrected chi connectivity index (χ2v) is 9.19. The summed E-state index contributed by atoms with van der Waals surface area (Å²) in [5, 5.41) is 16.3. The smallest absolute Gasteiger partial charge is 0.242 e. The van der Waals surface area contributed by atoms with Crippen molar-refractivity contribution < 1.29 is 24.3 Å². The highest BCUT2D eigenvalue weighted by atomic mass is 16.5. The van der Waals surface area contributed by atoms with Gasteiger partial charge in [-0.2, -0.15) is 0 Å². The quantitative estimate of drug-likeness (QED) is 0.213. The van der Waals surface area contributed by atoms with E-state index in [1.54, 1.807) is 6.92 Å². The van der Waals surface area contributed by atoms with Gasteiger partial charge in [-0.1, -0.05) is 44.2 Å². The average molecular weight is 477 g/mol. The molecule has 190 valence electrons. The largest absolute Gasteiger partial charge is 0.379 e. The van der Waals surface area contributed by atoms with Crippen molar-refractivity contribution in [2.75, 3.05) is 39.4 Å². The molecule has 9 heteroatoms. The molecule has 1 saturated heterocycles. The van der Waals surface area contributed by atoms with Crippen molar-refractivity contribution >= 4 is 18.2 Å². The van der Waals surface area contributed by atoms with Gasteiger partial charge in [-0.25, -0.2) is 5.06 Å². The Morgan fingerprint density at radius 1 is 1.15 bits per heavy atom. The molecule has 0 aliphatic carbocycles. The summed E-state index contributed by atoms with van der Waals surface area (Å²) < 4.78 is 5.34. The Labute approximate surface area is 202 Å². The lowest BCUT2D eigenvalue weighted by Gasteiger charge is -2.30. The number of nitrogens with one attached hydrogen (secondary N) is 2. The summed E-state index contributed by atoms with van der Waals surface area (Å²) in [6.07, 6.45) is 2.26. The zero-order chi connectivity index (χ0) is 24.9. The second kappa shape index (κ2) is 14.7. The van der Waals surface area contributed by atoms with E-state index in [2.05, 4.69) is 15.5 Å². The van der Waals surface area contributed by atoms with Crippen LogP contribution in [0.5, 0.6) is 0 Å². The molecule has 3 N–H and O–H groups in total. The summed E-state index contributed by atoms with van der Waals surface area (Å²) >= 11 is 0. The predicted molar refractivity (Wildman–Crippen MR) is 129 cm³/mol. The standard InChI is InChI=1S/C25H40N4O5/c1-19(2)23(25(32)26-12-13-28-14-16-34-17-15-28)27-24(31)22(20(3)29(33)18-30)11-7-10-21-8-5-4-6-9-21/h4-6,8-9,18-20,22-23,33H,7,10-17H2,1-3H3,(H,26,32)(H,27,31). The molecule has 1 fully saturated rings. The van der Waals surface area contributed by atoms with Crippen molar-refractivity contribution in [1.29, 1.82) is 0 Å². The molecule has 3 amide bonds. The zero-order valence-electron chi connectivity index (χ0n) is 20.6. The maximum absolute atomic E-state index is 13.2. The number of rotatable bonds is 14. The van der Waals surface area contributed by atoms with E-state index < -0.39 is 18.0 Å². The first-order valence-corrected chi connectivity index (χ1v) is 12.2. The summed E-state index contributed by atoms with van der Waals surface area (Å²) in [5.41, 5.74) is 1.16. The average Bonchev–Trinajstić information content (AvgIpc) is 2.85. The number of hydroxylamine groups is 2. The van der Waals surface area contributed by atoms with Gasteiger partial charge >= 0.3 is 0 Å². The van der Waals surface area contributed by atoms with Crippen LogP contribution >= 0.6 is 0 Å². The van der Waals surface area contributed by atoms with Crippen LogP contribution in [-0.2, 0) is 25.5 Å². The number of amides is 3. The fourth-order valence-electron chi connectivity index (χ4n) is 4.11. The van der Waals surface area contributed by atoms with Crippen LogP contribution in [0, 0.1) is 11.8 Å². The maximum atomic E-state index is 13.2. The summed E-state index contributed by atoms with van der Waals surface area (Å²) in [4.78, 5) is 39.4. The van der Waals surface area contributed by atoms with Gasteiger partial charge < -0.3 is 15.4 Å². The Kier molecular flexibility index (Phi) is 12.0. The van der Waals surface area contributed by atoms with Gasteiger partial charge in [0, 0.05) is 26.2 Å². The third-order valence-electron chi connectivity index (χ3n) is 6.35. The van der Waals surface area contributed by atoms with E-state index in [0.29, 0.717) is 44.1 Å². The number of benzene rings is 1. The monoisotopic (exact) mass is 476 g/mol. The SMILES string of the molecule is CC(C)C(NC(=O)C(CCCc1ccccc1)C(C)N(O)C=O)C(=O)NCCN1CCOCC1. The van der Waals surface area contributed by atoms with Gasteiger partial charge in [0.05, 0.1) is 25.2 Å². The first kappa shape index (κ1) is 27.8. The number of aryl methyl sites for hydroxylation is 1. The van der Waals surface area contributed by atoms with Crippen molar-refractivity contribution in [3.8, 4) is 0 Å². The van der Waals surface area contributed by atoms with Gasteiger partial charge in [0.25, 0.3) is 0 Å². The molecule has 0 bridgehead atoms. The second-order valence-electron chi connectivity index (χ2n) is 9.19. The van der Waals surface area contributed by atoms with Crippen LogP contribution in [-0.4, -0.2) is 84.9 Å². The first-order valence-electron chi connectivity index (χ1n) is 12.2. The van der Waals surface area contributed by atoms with Gasteiger partial charge in [-0.05, 0) is 37.7 Å². The van der Waals surface area contributed by atoms with Gasteiger partial charge in [0.15, 0.2) is 0 Å². The molecule has 3 unspecified atom stereocenters. The highest BCUT2D eigenvalue weighted by molar-refractivity contribution is 5.89. The third kappa shape index (κ3) is 9.04. The minimum Gasteiger partial charge on any atom is -0.379 e. The molecule has 0 aromatic heterocycles. The number of hydrogen-bond acceptors (Lipinski definition) is 6. The third-order valence-corrected chi connectivity index (χ3v) is 6.35. The van der Waals surface area contributed by atoms with Crippen molar-refractivity contribution in [1.82, 2.24) is 20.6 Å². The lowest BCUT2D eigenvalue weighted by atomic mass is 9.91. The Bertz CT molecular complexity index is 755. The minimum atomic E-state index is -0.717. The molecular weight excluding hydrogens is 436 g/mol. The number of carbonyl (C=O) groups excluding carboxylic acids is 3. The van der Waals surface area contributed by atoms with Gasteiger partial charge in [-0.3, -0.25) is 24.5 Å². The number of morpholine rings is 1. The van der Waals surface area contributed by atoms with Crippen molar-refractivity contribution in [3.63, 3.8) is 0 Å². The van der Waals surface area contributed by atoms with Crippen LogP contribution in [0.4, 0.5) is 0 Å². The molecule has 1 aliphatic rings. The number of nitrogens with zero attached hydrogens (tertiary/aromatic N) is 2. The zero-order valence-corrected chi connectivity index (χ0v) is 20.6. The molecule has 1 aliphatic heterocycles. The maximum Gasteiger partial charge on any atom is 0.242 e. The van der Waals surface area contributed by atoms with Gasteiger partial charge in [0.1, 0.15) is 6.04 Å². The molecule has 0 saturated carbocycles. The molecule has 0 spiro atoms. The first-order chi connectivity index (χ1) is 16.3. The Morgan fingerprint density at radius 3 is 2.44 bits per heavy atom. The number of hydrogen-bond donors (Lipinski definition) is 3. The Balaban J connectivity index is 1.95. The van der Waals surface area contributed by atoms with E-state index >= 15 is 0 Å². The Hall–Kier alpha value is -2.49. The fourth-order valence-corrected chi connectivity index (χ4v) is 4.11. The summed E-state index contributed by atoms with van der Waals surface area (Å²) in [5.74, 6) is -1.35. The molecule has 3 atom stereocenters. The van der Waals surface area contributed by atoms with Crippen molar-refractivity contribution in [3.05, 3.63) is 35.9 Å². The predicted octanol–water partition coefficient (Wildman–Crippen LogP) is 1.45. The van der Waals surface area contributed by atoms with E-state index in [4.69, 9.17) is 4.74 Å². The van der Waals surface area contributed by atoms with Crippen molar-refractivity contribution in [2.24, 2.45) is 11.8 Å². The summed E-state index contributed by atoms with van der Waals surface area (Å²) in [6.45, 7) is 9.70. The van der Waals surface area contributed by atoms with E-state index in [9.17, 15) is 19.6 Å². The van der Waals surface area contributed by atoms with Gasteiger partial charge in [0.2, 0.25) is 18.2 Å². The molecule has 1 aromatic carbocycles. The van der Waals surface area contributed by atoms with E-state index in [0.717, 1.165) is 31.6 Å². The highest BCUT2D eigenvalue weighted by Gasteiger charge is 2.32. The normalized spacial score (nSPS) is 17.0. The van der Waals surface area contributed by atoms with Crippen LogP contribution in [0.3, 0.4) is 0 Å². The topological polar surface area (TPSA) is 111 Å².